The van der Waals surface area contributed by atoms with Crippen LogP contribution in [0.2, 0.25) is 5.02 Å². The van der Waals surface area contributed by atoms with Crippen LogP contribution in [0.15, 0.2) is 24.3 Å². The Hall–Kier alpha value is -2.16. The molecule has 1 aliphatic rings. The van der Waals surface area contributed by atoms with Gasteiger partial charge >= 0.3 is 0 Å². The number of hydrogen-bond acceptors (Lipinski definition) is 5. The molecule has 2 aromatic rings. The number of carbonyl (C=O) groups is 3. The SMILES string of the molecule is CNC(=O)CN1CCN(C(=O)CNC(=O)c2sc3ccccc3c2Cl)CC1. The first-order chi connectivity index (χ1) is 13.0. The van der Waals surface area contributed by atoms with E-state index in [0.717, 1.165) is 10.1 Å². The van der Waals surface area contributed by atoms with Crippen LogP contribution < -0.4 is 10.6 Å². The Kier molecular flexibility index (Phi) is 6.30. The molecule has 0 saturated carbocycles. The first kappa shape index (κ1) is 19.6. The second-order valence-electron chi connectivity index (χ2n) is 6.25. The van der Waals surface area contributed by atoms with E-state index in [9.17, 15) is 14.4 Å². The molecule has 3 amide bonds. The highest BCUT2D eigenvalue weighted by atomic mass is 35.5. The summed E-state index contributed by atoms with van der Waals surface area (Å²) in [4.78, 5) is 40.3. The highest BCUT2D eigenvalue weighted by Gasteiger charge is 2.23. The Morgan fingerprint density at radius 3 is 2.52 bits per heavy atom. The number of benzene rings is 1. The smallest absolute Gasteiger partial charge is 0.263 e. The van der Waals surface area contributed by atoms with Crippen molar-refractivity contribution in [2.75, 3.05) is 46.3 Å². The average molecular weight is 409 g/mol. The summed E-state index contributed by atoms with van der Waals surface area (Å²) in [6, 6.07) is 7.54. The summed E-state index contributed by atoms with van der Waals surface area (Å²) in [6.45, 7) is 2.60. The van der Waals surface area contributed by atoms with Gasteiger partial charge in [0.15, 0.2) is 0 Å². The summed E-state index contributed by atoms with van der Waals surface area (Å²) in [5, 5.41) is 6.52. The van der Waals surface area contributed by atoms with Crippen LogP contribution in [0.1, 0.15) is 9.67 Å². The number of nitrogens with one attached hydrogen (secondary N) is 2. The van der Waals surface area contributed by atoms with Crippen LogP contribution >= 0.6 is 22.9 Å². The monoisotopic (exact) mass is 408 g/mol. The summed E-state index contributed by atoms with van der Waals surface area (Å²) in [5.41, 5.74) is 0. The Balaban J connectivity index is 1.51. The van der Waals surface area contributed by atoms with Crippen LogP contribution in [0, 0.1) is 0 Å². The molecule has 1 fully saturated rings. The second-order valence-corrected chi connectivity index (χ2v) is 7.68. The number of carbonyl (C=O) groups excluding carboxylic acids is 3. The Morgan fingerprint density at radius 1 is 1.15 bits per heavy atom. The van der Waals surface area contributed by atoms with Crippen LogP contribution in [-0.4, -0.2) is 73.8 Å². The number of hydrogen-bond donors (Lipinski definition) is 2. The largest absolute Gasteiger partial charge is 0.358 e. The number of amides is 3. The first-order valence-corrected chi connectivity index (χ1v) is 9.85. The lowest BCUT2D eigenvalue weighted by Gasteiger charge is -2.34. The highest BCUT2D eigenvalue weighted by Crippen LogP contribution is 2.34. The molecule has 1 aromatic carbocycles. The van der Waals surface area contributed by atoms with Crippen molar-refractivity contribution in [3.05, 3.63) is 34.2 Å². The fraction of sp³-hybridized carbons (Fsp3) is 0.389. The van der Waals surface area contributed by atoms with Gasteiger partial charge in [-0.3, -0.25) is 19.3 Å². The van der Waals surface area contributed by atoms with Crippen molar-refractivity contribution in [2.45, 2.75) is 0 Å². The molecule has 3 rings (SSSR count). The lowest BCUT2D eigenvalue weighted by Crippen LogP contribution is -2.52. The van der Waals surface area contributed by atoms with Gasteiger partial charge in [-0.2, -0.15) is 0 Å². The lowest BCUT2D eigenvalue weighted by atomic mass is 10.2. The van der Waals surface area contributed by atoms with Gasteiger partial charge < -0.3 is 15.5 Å². The van der Waals surface area contributed by atoms with Gasteiger partial charge in [0.05, 0.1) is 18.1 Å². The van der Waals surface area contributed by atoms with Crippen molar-refractivity contribution in [3.63, 3.8) is 0 Å². The van der Waals surface area contributed by atoms with Crippen LogP contribution in [0.25, 0.3) is 10.1 Å². The van der Waals surface area contributed by atoms with Gasteiger partial charge in [0, 0.05) is 43.3 Å². The third-order valence-corrected chi connectivity index (χ3v) is 6.19. The standard InChI is InChI=1S/C18H21ClN4O3S/c1-20-14(24)11-22-6-8-23(9-7-22)15(25)10-21-18(26)17-16(19)12-4-2-3-5-13(12)27-17/h2-5H,6-11H2,1H3,(H,20,24)(H,21,26). The zero-order valence-electron chi connectivity index (χ0n) is 15.0. The van der Waals surface area contributed by atoms with E-state index >= 15 is 0 Å². The molecule has 2 heterocycles. The van der Waals surface area contributed by atoms with Crippen LogP contribution in [0.3, 0.4) is 0 Å². The van der Waals surface area contributed by atoms with Crippen LogP contribution in [0.5, 0.6) is 0 Å². The van der Waals surface area contributed by atoms with Crippen molar-refractivity contribution in [2.24, 2.45) is 0 Å². The molecule has 144 valence electrons. The highest BCUT2D eigenvalue weighted by molar-refractivity contribution is 7.21. The Morgan fingerprint density at radius 2 is 1.85 bits per heavy atom. The van der Waals surface area contributed by atoms with E-state index in [0.29, 0.717) is 42.6 Å². The molecule has 7 nitrogen and oxygen atoms in total. The van der Waals surface area contributed by atoms with E-state index in [1.807, 2.05) is 29.2 Å². The van der Waals surface area contributed by atoms with Gasteiger partial charge in [0.2, 0.25) is 11.8 Å². The van der Waals surface area contributed by atoms with Gasteiger partial charge in [-0.05, 0) is 6.07 Å². The van der Waals surface area contributed by atoms with E-state index in [1.165, 1.54) is 11.3 Å². The van der Waals surface area contributed by atoms with E-state index in [2.05, 4.69) is 10.6 Å². The van der Waals surface area contributed by atoms with Crippen molar-refractivity contribution in [1.29, 1.82) is 0 Å². The molecule has 0 atom stereocenters. The maximum Gasteiger partial charge on any atom is 0.263 e. The molecule has 9 heteroatoms. The molecule has 0 bridgehead atoms. The summed E-state index contributed by atoms with van der Waals surface area (Å²) in [5.74, 6) is -0.518. The number of piperazine rings is 1. The minimum Gasteiger partial charge on any atom is -0.358 e. The van der Waals surface area contributed by atoms with Gasteiger partial charge in [0.25, 0.3) is 5.91 Å². The number of thiophene rings is 1. The van der Waals surface area contributed by atoms with E-state index in [-0.39, 0.29) is 24.3 Å². The maximum atomic E-state index is 12.4. The van der Waals surface area contributed by atoms with Crippen molar-refractivity contribution < 1.29 is 14.4 Å². The van der Waals surface area contributed by atoms with Crippen molar-refractivity contribution in [1.82, 2.24) is 20.4 Å². The zero-order chi connectivity index (χ0) is 19.4. The molecule has 0 radical (unpaired) electrons. The van der Waals surface area contributed by atoms with Gasteiger partial charge in [-0.15, -0.1) is 11.3 Å². The minimum absolute atomic E-state index is 0.0396. The number of likely N-dealkylation sites (N-methyl/N-ethyl adjacent to an activating group) is 1. The fourth-order valence-corrected chi connectivity index (χ4v) is 4.38. The predicted octanol–water partition coefficient (Wildman–Crippen LogP) is 1.17. The minimum atomic E-state index is -0.340. The molecule has 0 unspecified atom stereocenters. The average Bonchev–Trinajstić information content (AvgIpc) is 3.03. The quantitative estimate of drug-likeness (QED) is 0.778. The first-order valence-electron chi connectivity index (χ1n) is 8.65. The molecule has 1 aliphatic heterocycles. The number of halogens is 1. The molecule has 0 spiro atoms. The number of fused-ring (bicyclic) bond motifs is 1. The molecule has 27 heavy (non-hydrogen) atoms. The van der Waals surface area contributed by atoms with Gasteiger partial charge in [0.1, 0.15) is 4.88 Å². The molecule has 1 aromatic heterocycles. The zero-order valence-corrected chi connectivity index (χ0v) is 16.5. The van der Waals surface area contributed by atoms with Gasteiger partial charge in [-0.1, -0.05) is 29.8 Å². The normalized spacial score (nSPS) is 15.0. The second kappa shape index (κ2) is 8.69. The van der Waals surface area contributed by atoms with E-state index in [1.54, 1.807) is 11.9 Å². The number of rotatable bonds is 5. The molecule has 2 N–H and O–H groups in total. The Labute approximate surface area is 166 Å². The molecule has 0 aliphatic carbocycles. The fourth-order valence-electron chi connectivity index (χ4n) is 2.95. The van der Waals surface area contributed by atoms with Gasteiger partial charge in [-0.25, -0.2) is 0 Å². The molecular weight excluding hydrogens is 388 g/mol. The summed E-state index contributed by atoms with van der Waals surface area (Å²) < 4.78 is 0.936. The van der Waals surface area contributed by atoms with Crippen LogP contribution in [-0.2, 0) is 9.59 Å². The van der Waals surface area contributed by atoms with Crippen LogP contribution in [0.4, 0.5) is 0 Å². The third-order valence-electron chi connectivity index (χ3n) is 4.51. The van der Waals surface area contributed by atoms with Crippen molar-refractivity contribution in [3.8, 4) is 0 Å². The molecule has 1 saturated heterocycles. The third kappa shape index (κ3) is 4.58. The Bertz CT molecular complexity index is 861. The summed E-state index contributed by atoms with van der Waals surface area (Å²) >= 11 is 7.62. The molecular formula is C18H21ClN4O3S. The lowest BCUT2D eigenvalue weighted by molar-refractivity contribution is -0.132. The topological polar surface area (TPSA) is 81.8 Å². The predicted molar refractivity (Wildman–Crippen MR) is 106 cm³/mol. The van der Waals surface area contributed by atoms with Crippen molar-refractivity contribution >= 4 is 50.7 Å². The summed E-state index contributed by atoms with van der Waals surface area (Å²) in [6.07, 6.45) is 0. The van der Waals surface area contributed by atoms with E-state index in [4.69, 9.17) is 11.6 Å². The van der Waals surface area contributed by atoms with E-state index < -0.39 is 0 Å². The number of nitrogens with zero attached hydrogens (tertiary/aromatic N) is 2. The maximum absolute atomic E-state index is 12.4. The summed E-state index contributed by atoms with van der Waals surface area (Å²) in [7, 11) is 1.60.